The molecule has 1 amide bonds. The first-order valence-corrected chi connectivity index (χ1v) is 7.00. The summed E-state index contributed by atoms with van der Waals surface area (Å²) >= 11 is 0. The van der Waals surface area contributed by atoms with E-state index in [2.05, 4.69) is 31.1 Å². The SMILES string of the molecule is CC1C(N)CCC(C(=O)Nc2ccncc2F)C1(C)C. The van der Waals surface area contributed by atoms with Gasteiger partial charge < -0.3 is 11.1 Å². The molecule has 0 aliphatic heterocycles. The number of hydrogen-bond donors (Lipinski definition) is 2. The van der Waals surface area contributed by atoms with Gasteiger partial charge in [0.1, 0.15) is 0 Å². The molecular weight excluding hydrogens is 257 g/mol. The number of carbonyl (C=O) groups is 1. The quantitative estimate of drug-likeness (QED) is 0.874. The van der Waals surface area contributed by atoms with Gasteiger partial charge in [-0.15, -0.1) is 0 Å². The first-order valence-electron chi connectivity index (χ1n) is 7.00. The molecule has 5 heteroatoms. The predicted octanol–water partition coefficient (Wildman–Crippen LogP) is 2.56. The molecule has 1 saturated carbocycles. The minimum absolute atomic E-state index is 0.117. The van der Waals surface area contributed by atoms with Gasteiger partial charge in [-0.1, -0.05) is 20.8 Å². The molecular formula is C15H22FN3O. The highest BCUT2D eigenvalue weighted by Crippen LogP contribution is 2.44. The van der Waals surface area contributed by atoms with Gasteiger partial charge in [-0.05, 0) is 30.2 Å². The molecule has 3 atom stereocenters. The van der Waals surface area contributed by atoms with Crippen LogP contribution in [0.5, 0.6) is 0 Å². The number of carbonyl (C=O) groups excluding carboxylic acids is 1. The van der Waals surface area contributed by atoms with E-state index in [1.165, 1.54) is 12.3 Å². The van der Waals surface area contributed by atoms with Gasteiger partial charge in [0.05, 0.1) is 11.9 Å². The highest BCUT2D eigenvalue weighted by atomic mass is 19.1. The molecule has 0 aromatic carbocycles. The number of pyridine rings is 1. The van der Waals surface area contributed by atoms with E-state index in [4.69, 9.17) is 5.73 Å². The lowest BCUT2D eigenvalue weighted by Crippen LogP contribution is -2.50. The smallest absolute Gasteiger partial charge is 0.228 e. The summed E-state index contributed by atoms with van der Waals surface area (Å²) in [6.45, 7) is 6.20. The number of hydrogen-bond acceptors (Lipinski definition) is 3. The summed E-state index contributed by atoms with van der Waals surface area (Å²) in [5, 5.41) is 2.68. The van der Waals surface area contributed by atoms with Crippen LogP contribution in [0.15, 0.2) is 18.5 Å². The van der Waals surface area contributed by atoms with Crippen LogP contribution in [-0.4, -0.2) is 16.9 Å². The Morgan fingerprint density at radius 1 is 1.50 bits per heavy atom. The van der Waals surface area contributed by atoms with Crippen molar-refractivity contribution in [3.05, 3.63) is 24.3 Å². The van der Waals surface area contributed by atoms with Crippen LogP contribution in [0, 0.1) is 23.1 Å². The summed E-state index contributed by atoms with van der Waals surface area (Å²) in [5.74, 6) is -0.572. The fourth-order valence-electron chi connectivity index (χ4n) is 3.02. The zero-order valence-electron chi connectivity index (χ0n) is 12.2. The molecule has 0 saturated heterocycles. The van der Waals surface area contributed by atoms with Crippen LogP contribution < -0.4 is 11.1 Å². The predicted molar refractivity (Wildman–Crippen MR) is 76.5 cm³/mol. The van der Waals surface area contributed by atoms with Gasteiger partial charge in [0.25, 0.3) is 0 Å². The number of nitrogens with two attached hydrogens (primary N) is 1. The average molecular weight is 279 g/mol. The molecule has 3 unspecified atom stereocenters. The second-order valence-corrected chi connectivity index (χ2v) is 6.25. The summed E-state index contributed by atoms with van der Waals surface area (Å²) in [4.78, 5) is 16.1. The maximum atomic E-state index is 13.6. The summed E-state index contributed by atoms with van der Waals surface area (Å²) in [5.41, 5.74) is 6.07. The summed E-state index contributed by atoms with van der Waals surface area (Å²) in [7, 11) is 0. The van der Waals surface area contributed by atoms with Crippen molar-refractivity contribution in [3.8, 4) is 0 Å². The molecule has 2 rings (SSSR count). The maximum Gasteiger partial charge on any atom is 0.228 e. The van der Waals surface area contributed by atoms with Gasteiger partial charge >= 0.3 is 0 Å². The number of rotatable bonds is 2. The molecule has 3 N–H and O–H groups in total. The van der Waals surface area contributed by atoms with E-state index in [-0.39, 0.29) is 34.9 Å². The highest BCUT2D eigenvalue weighted by molar-refractivity contribution is 5.93. The highest BCUT2D eigenvalue weighted by Gasteiger charge is 2.45. The van der Waals surface area contributed by atoms with Crippen molar-refractivity contribution < 1.29 is 9.18 Å². The molecule has 1 aromatic heterocycles. The Kier molecular flexibility index (Phi) is 4.09. The van der Waals surface area contributed by atoms with Gasteiger partial charge in [0.15, 0.2) is 5.82 Å². The van der Waals surface area contributed by atoms with Crippen LogP contribution in [0.1, 0.15) is 33.6 Å². The molecule has 0 bridgehead atoms. The van der Waals surface area contributed by atoms with E-state index in [0.29, 0.717) is 0 Å². The average Bonchev–Trinajstić information content (AvgIpc) is 2.38. The molecule has 4 nitrogen and oxygen atoms in total. The Labute approximate surface area is 119 Å². The third-order valence-electron chi connectivity index (χ3n) is 4.85. The van der Waals surface area contributed by atoms with E-state index in [9.17, 15) is 9.18 Å². The standard InChI is InChI=1S/C15H22FN3O/c1-9-12(17)5-4-10(15(9,2)3)14(20)19-13-6-7-18-8-11(13)16/h6-10,12H,4-5,17H2,1-3H3,(H,18,19,20). The zero-order chi connectivity index (χ0) is 14.9. The Hall–Kier alpha value is -1.49. The lowest BCUT2D eigenvalue weighted by Gasteiger charge is -2.46. The van der Waals surface area contributed by atoms with Gasteiger partial charge in [0.2, 0.25) is 5.91 Å². The van der Waals surface area contributed by atoms with Gasteiger partial charge in [-0.3, -0.25) is 9.78 Å². The molecule has 1 heterocycles. The minimum atomic E-state index is -0.515. The van der Waals surface area contributed by atoms with Crippen LogP contribution >= 0.6 is 0 Å². The van der Waals surface area contributed by atoms with Crippen molar-refractivity contribution in [1.29, 1.82) is 0 Å². The number of nitrogens with zero attached hydrogens (tertiary/aromatic N) is 1. The number of anilines is 1. The third-order valence-corrected chi connectivity index (χ3v) is 4.85. The van der Waals surface area contributed by atoms with Crippen LogP contribution in [0.3, 0.4) is 0 Å². The van der Waals surface area contributed by atoms with Crippen LogP contribution in [-0.2, 0) is 4.79 Å². The van der Waals surface area contributed by atoms with E-state index in [1.54, 1.807) is 0 Å². The fraction of sp³-hybridized carbons (Fsp3) is 0.600. The fourth-order valence-corrected chi connectivity index (χ4v) is 3.02. The molecule has 1 aromatic rings. The molecule has 20 heavy (non-hydrogen) atoms. The van der Waals surface area contributed by atoms with Crippen molar-refractivity contribution in [1.82, 2.24) is 4.98 Å². The molecule has 110 valence electrons. The summed E-state index contributed by atoms with van der Waals surface area (Å²) < 4.78 is 13.6. The molecule has 1 aliphatic carbocycles. The molecule has 0 spiro atoms. The van der Waals surface area contributed by atoms with Crippen LogP contribution in [0.25, 0.3) is 0 Å². The maximum absolute atomic E-state index is 13.6. The molecule has 0 radical (unpaired) electrons. The number of amides is 1. The Bertz CT molecular complexity index is 504. The minimum Gasteiger partial charge on any atom is -0.327 e. The first-order chi connectivity index (χ1) is 9.34. The monoisotopic (exact) mass is 279 g/mol. The normalized spacial score (nSPS) is 28.9. The van der Waals surface area contributed by atoms with Gasteiger partial charge in [-0.25, -0.2) is 4.39 Å². The Balaban J connectivity index is 2.15. The van der Waals surface area contributed by atoms with Crippen LogP contribution in [0.4, 0.5) is 10.1 Å². The number of nitrogens with one attached hydrogen (secondary N) is 1. The van der Waals surface area contributed by atoms with Gasteiger partial charge in [-0.2, -0.15) is 0 Å². The van der Waals surface area contributed by atoms with Crippen molar-refractivity contribution in [2.45, 2.75) is 39.7 Å². The number of aromatic nitrogens is 1. The zero-order valence-corrected chi connectivity index (χ0v) is 12.2. The summed E-state index contributed by atoms with van der Waals surface area (Å²) in [6.07, 6.45) is 4.11. The Morgan fingerprint density at radius 2 is 2.20 bits per heavy atom. The van der Waals surface area contributed by atoms with Crippen molar-refractivity contribution in [2.24, 2.45) is 23.0 Å². The van der Waals surface area contributed by atoms with E-state index >= 15 is 0 Å². The van der Waals surface area contributed by atoms with Crippen molar-refractivity contribution in [2.75, 3.05) is 5.32 Å². The molecule has 1 aliphatic rings. The van der Waals surface area contributed by atoms with Crippen molar-refractivity contribution in [3.63, 3.8) is 0 Å². The third kappa shape index (κ3) is 2.68. The molecule has 1 fully saturated rings. The second-order valence-electron chi connectivity index (χ2n) is 6.25. The van der Waals surface area contributed by atoms with Gasteiger partial charge in [0, 0.05) is 18.2 Å². The van der Waals surface area contributed by atoms with E-state index < -0.39 is 5.82 Å². The van der Waals surface area contributed by atoms with Crippen LogP contribution in [0.2, 0.25) is 0 Å². The Morgan fingerprint density at radius 3 is 2.85 bits per heavy atom. The lowest BCUT2D eigenvalue weighted by molar-refractivity contribution is -0.127. The number of halogens is 1. The largest absolute Gasteiger partial charge is 0.327 e. The van der Waals surface area contributed by atoms with E-state index in [0.717, 1.165) is 19.0 Å². The second kappa shape index (κ2) is 5.48. The van der Waals surface area contributed by atoms with E-state index in [1.807, 2.05) is 0 Å². The summed E-state index contributed by atoms with van der Waals surface area (Å²) in [6, 6.07) is 1.59. The first kappa shape index (κ1) is 14.9. The topological polar surface area (TPSA) is 68.0 Å². The lowest BCUT2D eigenvalue weighted by atomic mass is 9.61. The van der Waals surface area contributed by atoms with Crippen molar-refractivity contribution >= 4 is 11.6 Å².